The molecule has 2 unspecified atom stereocenters. The zero-order chi connectivity index (χ0) is 19.9. The quantitative estimate of drug-likeness (QED) is 0.539. The number of benzene rings is 1. The average molecular weight is 407 g/mol. The van der Waals surface area contributed by atoms with Crippen LogP contribution in [0.3, 0.4) is 0 Å². The summed E-state index contributed by atoms with van der Waals surface area (Å²) < 4.78 is 43.1. The number of aliphatic imine (C=N–C) groups is 1. The highest BCUT2D eigenvalue weighted by atomic mass is 35.5. The number of hydrogen-bond acceptors (Lipinski definition) is 3. The fraction of sp³-hybridized carbons (Fsp3) is 0.611. The van der Waals surface area contributed by atoms with Crippen LogP contribution in [0.4, 0.5) is 13.2 Å². The summed E-state index contributed by atoms with van der Waals surface area (Å²) in [6.45, 7) is 3.13. The van der Waals surface area contributed by atoms with E-state index in [1.54, 1.807) is 31.3 Å². The summed E-state index contributed by atoms with van der Waals surface area (Å²) in [5, 5.41) is 7.00. The van der Waals surface area contributed by atoms with E-state index in [0.29, 0.717) is 37.2 Å². The fourth-order valence-corrected chi connectivity index (χ4v) is 3.09. The molecule has 0 radical (unpaired) electrons. The van der Waals surface area contributed by atoms with Crippen LogP contribution in [0.2, 0.25) is 5.02 Å². The predicted octanol–water partition coefficient (Wildman–Crippen LogP) is 3.16. The van der Waals surface area contributed by atoms with Gasteiger partial charge in [0, 0.05) is 25.2 Å². The van der Waals surface area contributed by atoms with E-state index in [2.05, 4.69) is 15.6 Å². The van der Waals surface area contributed by atoms with Gasteiger partial charge in [0.25, 0.3) is 0 Å². The molecule has 1 saturated heterocycles. The van der Waals surface area contributed by atoms with Gasteiger partial charge in [0.2, 0.25) is 0 Å². The van der Waals surface area contributed by atoms with Gasteiger partial charge in [-0.15, -0.1) is 0 Å². The van der Waals surface area contributed by atoms with Crippen molar-refractivity contribution in [2.75, 3.05) is 39.8 Å². The predicted molar refractivity (Wildman–Crippen MR) is 102 cm³/mol. The maximum absolute atomic E-state index is 12.5. The minimum Gasteiger partial charge on any atom is -0.489 e. The van der Waals surface area contributed by atoms with Crippen molar-refractivity contribution in [3.05, 3.63) is 29.3 Å². The first kappa shape index (κ1) is 21.6. The number of ether oxygens (including phenoxy) is 1. The Kier molecular flexibility index (Phi) is 8.04. The maximum atomic E-state index is 12.5. The fourth-order valence-electron chi connectivity index (χ4n) is 2.97. The number of halogens is 4. The standard InChI is InChI=1S/C18H26ClF3N4O/c1-13(27-16-5-3-15(19)4-6-16)9-24-17(23-2)25-10-14-7-8-26(11-14)12-18(20,21)22/h3-6,13-14H,7-12H2,1-2H3,(H2,23,24,25). The molecule has 1 aromatic carbocycles. The molecule has 9 heteroatoms. The van der Waals surface area contributed by atoms with Gasteiger partial charge in [-0.1, -0.05) is 11.6 Å². The van der Waals surface area contributed by atoms with Crippen molar-refractivity contribution in [1.82, 2.24) is 15.5 Å². The van der Waals surface area contributed by atoms with Gasteiger partial charge in [-0.2, -0.15) is 13.2 Å². The molecule has 1 aliphatic rings. The summed E-state index contributed by atoms with van der Waals surface area (Å²) in [5.41, 5.74) is 0. The molecule has 2 N–H and O–H groups in total. The molecule has 2 rings (SSSR count). The number of alkyl halides is 3. The second-order valence-corrected chi connectivity index (χ2v) is 7.16. The van der Waals surface area contributed by atoms with Crippen molar-refractivity contribution < 1.29 is 17.9 Å². The number of likely N-dealkylation sites (tertiary alicyclic amines) is 1. The molecule has 0 saturated carbocycles. The molecule has 1 aromatic rings. The first-order chi connectivity index (χ1) is 12.7. The van der Waals surface area contributed by atoms with E-state index in [1.807, 2.05) is 6.92 Å². The maximum Gasteiger partial charge on any atom is 0.401 e. The zero-order valence-corrected chi connectivity index (χ0v) is 16.3. The Bertz CT molecular complexity index is 610. The Hall–Kier alpha value is -1.67. The summed E-state index contributed by atoms with van der Waals surface area (Å²) in [4.78, 5) is 5.59. The second-order valence-electron chi connectivity index (χ2n) is 6.72. The van der Waals surface area contributed by atoms with Gasteiger partial charge < -0.3 is 15.4 Å². The van der Waals surface area contributed by atoms with E-state index < -0.39 is 12.7 Å². The van der Waals surface area contributed by atoms with Crippen LogP contribution < -0.4 is 15.4 Å². The molecule has 1 heterocycles. The number of nitrogens with zero attached hydrogens (tertiary/aromatic N) is 2. The number of rotatable bonds is 7. The van der Waals surface area contributed by atoms with Crippen LogP contribution in [-0.4, -0.2) is 62.9 Å². The smallest absolute Gasteiger partial charge is 0.401 e. The van der Waals surface area contributed by atoms with Gasteiger partial charge in [0.15, 0.2) is 5.96 Å². The molecular formula is C18H26ClF3N4O. The van der Waals surface area contributed by atoms with Crippen LogP contribution in [0.1, 0.15) is 13.3 Å². The molecule has 0 bridgehead atoms. The van der Waals surface area contributed by atoms with Crippen molar-refractivity contribution in [3.63, 3.8) is 0 Å². The second kappa shape index (κ2) is 10.0. The van der Waals surface area contributed by atoms with Crippen LogP contribution in [0.15, 0.2) is 29.3 Å². The summed E-state index contributed by atoms with van der Waals surface area (Å²) in [6, 6.07) is 7.14. The van der Waals surface area contributed by atoms with Crippen molar-refractivity contribution in [2.45, 2.75) is 25.6 Å². The third-order valence-electron chi connectivity index (χ3n) is 4.26. The average Bonchev–Trinajstić information content (AvgIpc) is 3.02. The van der Waals surface area contributed by atoms with Gasteiger partial charge >= 0.3 is 6.18 Å². The van der Waals surface area contributed by atoms with E-state index in [0.717, 1.165) is 12.2 Å². The summed E-state index contributed by atoms with van der Waals surface area (Å²) in [5.74, 6) is 1.51. The molecule has 2 atom stereocenters. The molecular weight excluding hydrogens is 381 g/mol. The molecule has 0 spiro atoms. The third-order valence-corrected chi connectivity index (χ3v) is 4.51. The summed E-state index contributed by atoms with van der Waals surface area (Å²) in [6.07, 6.45) is -3.49. The molecule has 0 aromatic heterocycles. The Morgan fingerprint density at radius 1 is 1.33 bits per heavy atom. The van der Waals surface area contributed by atoms with Crippen molar-refractivity contribution in [3.8, 4) is 5.75 Å². The van der Waals surface area contributed by atoms with E-state index in [-0.39, 0.29) is 12.0 Å². The molecule has 1 aliphatic heterocycles. The van der Waals surface area contributed by atoms with Crippen LogP contribution in [0.5, 0.6) is 5.75 Å². The van der Waals surface area contributed by atoms with Crippen LogP contribution in [0, 0.1) is 5.92 Å². The Labute approximate surface area is 162 Å². The summed E-state index contributed by atoms with van der Waals surface area (Å²) >= 11 is 5.85. The number of guanidine groups is 1. The molecule has 0 amide bonds. The molecule has 5 nitrogen and oxygen atoms in total. The van der Waals surface area contributed by atoms with Gasteiger partial charge in [-0.05, 0) is 50.1 Å². The highest BCUT2D eigenvalue weighted by molar-refractivity contribution is 6.30. The highest BCUT2D eigenvalue weighted by Crippen LogP contribution is 2.22. The van der Waals surface area contributed by atoms with E-state index in [9.17, 15) is 13.2 Å². The van der Waals surface area contributed by atoms with E-state index in [4.69, 9.17) is 16.3 Å². The lowest BCUT2D eigenvalue weighted by molar-refractivity contribution is -0.143. The number of nitrogens with one attached hydrogen (secondary N) is 2. The minimum absolute atomic E-state index is 0.0986. The molecule has 1 fully saturated rings. The highest BCUT2D eigenvalue weighted by Gasteiger charge is 2.34. The first-order valence-corrected chi connectivity index (χ1v) is 9.29. The van der Waals surface area contributed by atoms with Crippen molar-refractivity contribution in [1.29, 1.82) is 0 Å². The Balaban J connectivity index is 1.68. The Morgan fingerprint density at radius 3 is 2.67 bits per heavy atom. The van der Waals surface area contributed by atoms with E-state index in [1.165, 1.54) is 4.90 Å². The van der Waals surface area contributed by atoms with Crippen molar-refractivity contribution in [2.24, 2.45) is 10.9 Å². The van der Waals surface area contributed by atoms with Crippen LogP contribution in [-0.2, 0) is 0 Å². The normalized spacial score (nSPS) is 19.8. The minimum atomic E-state index is -4.14. The lowest BCUT2D eigenvalue weighted by Crippen LogP contribution is -2.43. The number of hydrogen-bond donors (Lipinski definition) is 2. The third kappa shape index (κ3) is 8.26. The molecule has 0 aliphatic carbocycles. The van der Waals surface area contributed by atoms with Gasteiger partial charge in [-0.25, -0.2) is 0 Å². The SMILES string of the molecule is CN=C(NCC1CCN(CC(F)(F)F)C1)NCC(C)Oc1ccc(Cl)cc1. The molecule has 152 valence electrons. The monoisotopic (exact) mass is 406 g/mol. The van der Waals surface area contributed by atoms with Crippen LogP contribution >= 0.6 is 11.6 Å². The largest absolute Gasteiger partial charge is 0.489 e. The first-order valence-electron chi connectivity index (χ1n) is 8.91. The lowest BCUT2D eigenvalue weighted by atomic mass is 10.1. The molecule has 27 heavy (non-hydrogen) atoms. The Morgan fingerprint density at radius 2 is 2.04 bits per heavy atom. The van der Waals surface area contributed by atoms with Gasteiger partial charge in [0.05, 0.1) is 13.1 Å². The summed E-state index contributed by atoms with van der Waals surface area (Å²) in [7, 11) is 1.66. The topological polar surface area (TPSA) is 48.9 Å². The lowest BCUT2D eigenvalue weighted by Gasteiger charge is -2.20. The van der Waals surface area contributed by atoms with Crippen molar-refractivity contribution >= 4 is 17.6 Å². The van der Waals surface area contributed by atoms with E-state index >= 15 is 0 Å². The van der Waals surface area contributed by atoms with Crippen LogP contribution in [0.25, 0.3) is 0 Å². The van der Waals surface area contributed by atoms with Gasteiger partial charge in [-0.3, -0.25) is 9.89 Å². The zero-order valence-electron chi connectivity index (χ0n) is 15.5. The van der Waals surface area contributed by atoms with Gasteiger partial charge in [0.1, 0.15) is 11.9 Å².